The average Bonchev–Trinajstić information content (AvgIpc) is 2.96. The minimum atomic E-state index is -0.345. The molecule has 1 aromatic heterocycles. The van der Waals surface area contributed by atoms with Gasteiger partial charge in [-0.3, -0.25) is 4.79 Å². The van der Waals surface area contributed by atoms with E-state index < -0.39 is 0 Å². The Morgan fingerprint density at radius 3 is 2.27 bits per heavy atom. The van der Waals surface area contributed by atoms with Crippen molar-refractivity contribution in [2.24, 2.45) is 22.7 Å². The van der Waals surface area contributed by atoms with E-state index in [2.05, 4.69) is 53.9 Å². The Morgan fingerprint density at radius 1 is 1.07 bits per heavy atom. The summed E-state index contributed by atoms with van der Waals surface area (Å²) in [6, 6.07) is 7.02. The van der Waals surface area contributed by atoms with Crippen molar-refractivity contribution < 1.29 is 14.6 Å². The van der Waals surface area contributed by atoms with Crippen molar-refractivity contribution in [3.05, 3.63) is 46.7 Å². The van der Waals surface area contributed by atoms with Crippen LogP contribution in [-0.4, -0.2) is 52.3 Å². The smallest absolute Gasteiger partial charge is 0.254 e. The van der Waals surface area contributed by atoms with Gasteiger partial charge in [-0.1, -0.05) is 39.3 Å². The predicted octanol–water partition coefficient (Wildman–Crippen LogP) is 5.77. The number of aliphatic hydroxyl groups is 1. The van der Waals surface area contributed by atoms with Crippen molar-refractivity contribution in [1.82, 2.24) is 15.3 Å². The molecule has 2 saturated carbocycles. The van der Waals surface area contributed by atoms with E-state index in [-0.39, 0.29) is 35.0 Å². The number of halogens is 1. The predicted molar refractivity (Wildman–Crippen MR) is 159 cm³/mol. The van der Waals surface area contributed by atoms with Crippen molar-refractivity contribution in [2.45, 2.75) is 90.9 Å². The van der Waals surface area contributed by atoms with Crippen molar-refractivity contribution in [2.75, 3.05) is 18.0 Å². The molecular weight excluding hydrogens is 538 g/mol. The second-order valence-electron chi connectivity index (χ2n) is 13.4. The van der Waals surface area contributed by atoms with Gasteiger partial charge < -0.3 is 20.1 Å². The molecule has 0 radical (unpaired) electrons. The minimum Gasteiger partial charge on any atom is -0.489 e. The van der Waals surface area contributed by atoms with Crippen LogP contribution in [0.1, 0.15) is 88.6 Å². The number of ether oxygens (including phenoxy) is 1. The highest BCUT2D eigenvalue weighted by Crippen LogP contribution is 2.55. The maximum atomic E-state index is 13.2. The Morgan fingerprint density at radius 2 is 1.68 bits per heavy atom. The van der Waals surface area contributed by atoms with Crippen molar-refractivity contribution >= 4 is 23.5 Å². The molecule has 1 aliphatic heterocycles. The zero-order valence-corrected chi connectivity index (χ0v) is 25.3. The highest BCUT2D eigenvalue weighted by atomic mass is 35.5. The van der Waals surface area contributed by atoms with Crippen LogP contribution in [0.4, 0.5) is 5.95 Å². The number of anilines is 1. The first-order valence-electron chi connectivity index (χ1n) is 14.9. The van der Waals surface area contributed by atoms with Crippen molar-refractivity contribution in [3.8, 4) is 11.8 Å². The summed E-state index contributed by atoms with van der Waals surface area (Å²) in [5.74, 6) is 2.57. The van der Waals surface area contributed by atoms with Gasteiger partial charge >= 0.3 is 0 Å². The number of piperidine rings is 1. The SMILES string of the molecule is CC1(C)C(NC(=O)c2cnc(N3CCC(CC4CCC(O)CC4)CC3)nc2)C(C)(C)C1Oc1ccc(C#N)c(Cl)c1. The van der Waals surface area contributed by atoms with E-state index in [1.165, 1.54) is 6.42 Å². The lowest BCUT2D eigenvalue weighted by atomic mass is 9.49. The topological polar surface area (TPSA) is 111 Å². The number of benzene rings is 1. The Hall–Kier alpha value is -2.89. The molecule has 0 atom stereocenters. The summed E-state index contributed by atoms with van der Waals surface area (Å²) in [4.78, 5) is 24.6. The molecule has 0 unspecified atom stereocenters. The van der Waals surface area contributed by atoms with Crippen LogP contribution in [0.3, 0.4) is 0 Å². The number of amides is 1. The Kier molecular flexibility index (Phi) is 8.50. The maximum Gasteiger partial charge on any atom is 0.254 e. The van der Waals surface area contributed by atoms with Gasteiger partial charge in [0.25, 0.3) is 5.91 Å². The van der Waals surface area contributed by atoms with Crippen LogP contribution in [0.2, 0.25) is 5.02 Å². The normalized spacial score (nSPS) is 27.4. The van der Waals surface area contributed by atoms with Crippen LogP contribution in [-0.2, 0) is 0 Å². The van der Waals surface area contributed by atoms with E-state index in [4.69, 9.17) is 21.6 Å². The van der Waals surface area contributed by atoms with E-state index in [0.29, 0.717) is 27.8 Å². The number of rotatable bonds is 7. The fraction of sp³-hybridized carbons (Fsp3) is 0.625. The molecule has 1 aromatic carbocycles. The molecule has 220 valence electrons. The number of nitrogens with one attached hydrogen (secondary N) is 1. The third-order valence-corrected chi connectivity index (χ3v) is 10.0. The number of hydrogen-bond donors (Lipinski definition) is 2. The quantitative estimate of drug-likeness (QED) is 0.428. The summed E-state index contributed by atoms with van der Waals surface area (Å²) < 4.78 is 6.33. The minimum absolute atomic E-state index is 0.0897. The summed E-state index contributed by atoms with van der Waals surface area (Å²) in [5.41, 5.74) is 0.161. The lowest BCUT2D eigenvalue weighted by molar-refractivity contribution is -0.164. The van der Waals surface area contributed by atoms with Gasteiger partial charge in [-0.25, -0.2) is 9.97 Å². The molecule has 0 bridgehead atoms. The maximum absolute atomic E-state index is 13.2. The zero-order chi connectivity index (χ0) is 29.4. The summed E-state index contributed by atoms with van der Waals surface area (Å²) in [5, 5.41) is 22.5. The Labute approximate surface area is 248 Å². The van der Waals surface area contributed by atoms with Gasteiger partial charge in [0.2, 0.25) is 5.95 Å². The summed E-state index contributed by atoms with van der Waals surface area (Å²) >= 11 is 6.21. The monoisotopic (exact) mass is 579 g/mol. The molecule has 1 amide bonds. The van der Waals surface area contributed by atoms with Crippen molar-refractivity contribution in [3.63, 3.8) is 0 Å². The largest absolute Gasteiger partial charge is 0.489 e. The van der Waals surface area contributed by atoms with E-state index >= 15 is 0 Å². The van der Waals surface area contributed by atoms with E-state index in [1.54, 1.807) is 30.6 Å². The van der Waals surface area contributed by atoms with E-state index in [1.807, 2.05) is 0 Å². The first-order valence-corrected chi connectivity index (χ1v) is 15.3. The molecule has 1 saturated heterocycles. The van der Waals surface area contributed by atoms with Crippen LogP contribution in [0.5, 0.6) is 5.75 Å². The Balaban J connectivity index is 1.14. The molecule has 3 fully saturated rings. The number of carbonyl (C=O) groups is 1. The molecular formula is C32H42ClN5O3. The molecule has 3 aliphatic rings. The molecule has 0 spiro atoms. The second-order valence-corrected chi connectivity index (χ2v) is 13.8. The number of aliphatic hydroxyl groups excluding tert-OH is 1. The number of carbonyl (C=O) groups excluding carboxylic acids is 1. The molecule has 2 N–H and O–H groups in total. The van der Waals surface area contributed by atoms with Gasteiger partial charge in [-0.15, -0.1) is 0 Å². The molecule has 2 aromatic rings. The molecule has 8 nitrogen and oxygen atoms in total. The summed E-state index contributed by atoms with van der Waals surface area (Å²) in [7, 11) is 0. The van der Waals surface area contributed by atoms with Crippen LogP contribution < -0.4 is 15.0 Å². The van der Waals surface area contributed by atoms with Crippen LogP contribution in [0, 0.1) is 34.0 Å². The number of nitriles is 1. The summed E-state index contributed by atoms with van der Waals surface area (Å²) in [6.45, 7) is 10.2. The van der Waals surface area contributed by atoms with Gasteiger partial charge in [0.05, 0.1) is 22.3 Å². The zero-order valence-electron chi connectivity index (χ0n) is 24.6. The van der Waals surface area contributed by atoms with Crippen LogP contribution in [0.15, 0.2) is 30.6 Å². The standard InChI is InChI=1S/C32H42ClN5O3/c1-31(2)28(32(3,4)29(31)41-25-10-7-22(17-34)26(33)16-25)37-27(40)23-18-35-30(36-19-23)38-13-11-21(12-14-38)15-20-5-8-24(39)9-6-20/h7,10,16,18-21,24,28-29,39H,5-6,8-9,11-15H2,1-4H3,(H,37,40). The highest BCUT2D eigenvalue weighted by Gasteiger charge is 2.64. The van der Waals surface area contributed by atoms with Gasteiger partial charge in [-0.05, 0) is 68.9 Å². The molecule has 2 heterocycles. The summed E-state index contributed by atoms with van der Waals surface area (Å²) in [6.07, 6.45) is 10.7. The lowest BCUT2D eigenvalue weighted by Gasteiger charge is -2.63. The number of hydrogen-bond acceptors (Lipinski definition) is 7. The Bertz CT molecular complexity index is 1260. The number of nitrogens with zero attached hydrogens (tertiary/aromatic N) is 4. The highest BCUT2D eigenvalue weighted by molar-refractivity contribution is 6.31. The third kappa shape index (κ3) is 6.17. The molecule has 9 heteroatoms. The van der Waals surface area contributed by atoms with Gasteiger partial charge in [0.15, 0.2) is 0 Å². The fourth-order valence-electron chi connectivity index (χ4n) is 7.63. The van der Waals surface area contributed by atoms with Gasteiger partial charge in [0, 0.05) is 48.4 Å². The first kappa shape index (κ1) is 29.6. The first-order chi connectivity index (χ1) is 19.5. The lowest BCUT2D eigenvalue weighted by Crippen LogP contribution is -2.74. The van der Waals surface area contributed by atoms with Crippen molar-refractivity contribution in [1.29, 1.82) is 5.26 Å². The van der Waals surface area contributed by atoms with E-state index in [9.17, 15) is 9.90 Å². The van der Waals surface area contributed by atoms with Crippen LogP contribution >= 0.6 is 11.6 Å². The van der Waals surface area contributed by atoms with Gasteiger partial charge in [-0.2, -0.15) is 5.26 Å². The van der Waals surface area contributed by atoms with Crippen LogP contribution in [0.25, 0.3) is 0 Å². The molecule has 2 aliphatic carbocycles. The molecule has 5 rings (SSSR count). The average molecular weight is 580 g/mol. The third-order valence-electron chi connectivity index (χ3n) is 9.71. The second kappa shape index (κ2) is 11.8. The fourth-order valence-corrected chi connectivity index (χ4v) is 7.85. The molecule has 41 heavy (non-hydrogen) atoms. The number of aromatic nitrogens is 2. The van der Waals surface area contributed by atoms with Gasteiger partial charge in [0.1, 0.15) is 17.9 Å². The van der Waals surface area contributed by atoms with E-state index in [0.717, 1.165) is 63.5 Å².